The molecule has 2 nitrogen and oxygen atoms in total. The van der Waals surface area contributed by atoms with Gasteiger partial charge in [-0.1, -0.05) is 40.9 Å². The van der Waals surface area contributed by atoms with Crippen LogP contribution in [0.25, 0.3) is 0 Å². The fraction of sp³-hybridized carbons (Fsp3) is 0.0833. The van der Waals surface area contributed by atoms with E-state index in [0.29, 0.717) is 15.9 Å². The van der Waals surface area contributed by atoms with Crippen molar-refractivity contribution in [3.05, 3.63) is 45.5 Å². The van der Waals surface area contributed by atoms with E-state index < -0.39 is 0 Å². The molecule has 0 fully saturated rings. The normalized spacial score (nSPS) is 10.4. The lowest BCUT2D eigenvalue weighted by atomic mass is 10.3. The van der Waals surface area contributed by atoms with Crippen LogP contribution in [0.4, 0.5) is 11.5 Å². The number of halogens is 3. The summed E-state index contributed by atoms with van der Waals surface area (Å²) in [4.78, 5) is 5.26. The largest absolute Gasteiger partial charge is 0.339 e. The number of hydrogen-bond donors (Lipinski definition) is 1. The molecule has 0 atom stereocenters. The lowest BCUT2D eigenvalue weighted by molar-refractivity contribution is 1.30. The zero-order valence-electron chi connectivity index (χ0n) is 9.38. The van der Waals surface area contributed by atoms with Crippen molar-refractivity contribution in [3.8, 4) is 0 Å². The van der Waals surface area contributed by atoms with Crippen molar-refractivity contribution in [1.29, 1.82) is 0 Å². The van der Waals surface area contributed by atoms with Crippen LogP contribution in [0.1, 0.15) is 0 Å². The van der Waals surface area contributed by atoms with Crippen molar-refractivity contribution in [2.24, 2.45) is 0 Å². The first-order chi connectivity index (χ1) is 8.60. The van der Waals surface area contributed by atoms with Gasteiger partial charge in [0.05, 0.1) is 10.0 Å². The summed E-state index contributed by atoms with van der Waals surface area (Å²) in [6.45, 7) is 0. The van der Waals surface area contributed by atoms with Crippen molar-refractivity contribution in [2.75, 3.05) is 11.6 Å². The maximum Gasteiger partial charge on any atom is 0.151 e. The number of nitrogens with one attached hydrogen (secondary N) is 1. The minimum absolute atomic E-state index is 0.226. The topological polar surface area (TPSA) is 24.9 Å². The third-order valence-corrected chi connectivity index (χ3v) is 3.91. The number of anilines is 2. The van der Waals surface area contributed by atoms with Crippen molar-refractivity contribution in [3.63, 3.8) is 0 Å². The number of hydrogen-bond acceptors (Lipinski definition) is 3. The monoisotopic (exact) mass is 318 g/mol. The summed E-state index contributed by atoms with van der Waals surface area (Å²) < 4.78 is 0. The van der Waals surface area contributed by atoms with Gasteiger partial charge in [0.2, 0.25) is 0 Å². The van der Waals surface area contributed by atoms with Gasteiger partial charge in [-0.2, -0.15) is 0 Å². The number of benzene rings is 1. The smallest absolute Gasteiger partial charge is 0.151 e. The Morgan fingerprint density at radius 1 is 1.11 bits per heavy atom. The third-order valence-electron chi connectivity index (χ3n) is 2.22. The Bertz CT molecular complexity index is 575. The average molecular weight is 320 g/mol. The number of rotatable bonds is 3. The van der Waals surface area contributed by atoms with Gasteiger partial charge >= 0.3 is 0 Å². The van der Waals surface area contributed by atoms with Gasteiger partial charge < -0.3 is 5.32 Å². The van der Waals surface area contributed by atoms with Gasteiger partial charge in [-0.15, -0.1) is 11.8 Å². The van der Waals surface area contributed by atoms with Crippen LogP contribution in [0.2, 0.25) is 15.2 Å². The van der Waals surface area contributed by atoms with Gasteiger partial charge in [0.1, 0.15) is 5.15 Å². The Morgan fingerprint density at radius 2 is 1.89 bits per heavy atom. The molecule has 1 N–H and O–H groups in total. The van der Waals surface area contributed by atoms with Gasteiger partial charge in [-0.3, -0.25) is 0 Å². The van der Waals surface area contributed by atoms with E-state index in [0.717, 1.165) is 10.6 Å². The summed E-state index contributed by atoms with van der Waals surface area (Å²) in [5, 5.41) is 4.11. The number of thioether (sulfide) groups is 1. The molecule has 0 spiro atoms. The molecule has 1 aromatic carbocycles. The van der Waals surface area contributed by atoms with E-state index in [1.807, 2.05) is 30.5 Å². The number of pyridine rings is 1. The molecule has 1 aromatic heterocycles. The Morgan fingerprint density at radius 3 is 2.61 bits per heavy atom. The highest BCUT2D eigenvalue weighted by Crippen LogP contribution is 2.31. The maximum absolute atomic E-state index is 6.05. The Balaban J connectivity index is 2.30. The second-order valence-corrected chi connectivity index (χ2v) is 5.50. The second kappa shape index (κ2) is 6.02. The lowest BCUT2D eigenvalue weighted by Crippen LogP contribution is -1.95. The highest BCUT2D eigenvalue weighted by molar-refractivity contribution is 7.98. The van der Waals surface area contributed by atoms with Crippen LogP contribution in [-0.2, 0) is 0 Å². The van der Waals surface area contributed by atoms with E-state index in [4.69, 9.17) is 34.8 Å². The molecule has 0 aliphatic rings. The predicted molar refractivity (Wildman–Crippen MR) is 80.8 cm³/mol. The van der Waals surface area contributed by atoms with E-state index >= 15 is 0 Å². The first-order valence-electron chi connectivity index (χ1n) is 5.03. The van der Waals surface area contributed by atoms with Gasteiger partial charge in [0.25, 0.3) is 0 Å². The van der Waals surface area contributed by atoms with E-state index in [1.54, 1.807) is 17.8 Å². The molecule has 0 unspecified atom stereocenters. The SMILES string of the molecule is CSc1cccc(Nc2nc(Cl)c(Cl)cc2Cl)c1. The van der Waals surface area contributed by atoms with Crippen LogP contribution in [0.15, 0.2) is 35.2 Å². The molecular weight excluding hydrogens is 311 g/mol. The van der Waals surface area contributed by atoms with Gasteiger partial charge in [0, 0.05) is 10.6 Å². The van der Waals surface area contributed by atoms with E-state index in [1.165, 1.54) is 0 Å². The van der Waals surface area contributed by atoms with E-state index in [2.05, 4.69) is 10.3 Å². The molecular formula is C12H9Cl3N2S. The van der Waals surface area contributed by atoms with Crippen LogP contribution in [-0.4, -0.2) is 11.2 Å². The summed E-state index contributed by atoms with van der Waals surface area (Å²) in [6.07, 6.45) is 2.02. The molecule has 94 valence electrons. The van der Waals surface area contributed by atoms with Crippen molar-refractivity contribution in [2.45, 2.75) is 4.90 Å². The van der Waals surface area contributed by atoms with E-state index in [-0.39, 0.29) is 5.15 Å². The Hall–Kier alpha value is -0.610. The highest BCUT2D eigenvalue weighted by atomic mass is 35.5. The number of aromatic nitrogens is 1. The van der Waals surface area contributed by atoms with Crippen LogP contribution >= 0.6 is 46.6 Å². The summed E-state index contributed by atoms with van der Waals surface area (Å²) in [7, 11) is 0. The second-order valence-electron chi connectivity index (χ2n) is 3.45. The molecule has 18 heavy (non-hydrogen) atoms. The fourth-order valence-corrected chi connectivity index (χ4v) is 2.37. The van der Waals surface area contributed by atoms with Gasteiger partial charge in [0.15, 0.2) is 5.82 Å². The third kappa shape index (κ3) is 3.23. The molecule has 1 heterocycles. The quantitative estimate of drug-likeness (QED) is 0.596. The Labute approximate surface area is 125 Å². The van der Waals surface area contributed by atoms with Gasteiger partial charge in [-0.05, 0) is 30.5 Å². The first kappa shape index (κ1) is 13.8. The van der Waals surface area contributed by atoms with E-state index in [9.17, 15) is 0 Å². The predicted octanol–water partition coefficient (Wildman–Crippen LogP) is 5.51. The molecule has 0 aliphatic heterocycles. The first-order valence-corrected chi connectivity index (χ1v) is 7.38. The fourth-order valence-electron chi connectivity index (χ4n) is 1.37. The van der Waals surface area contributed by atoms with Crippen molar-refractivity contribution < 1.29 is 0 Å². The molecule has 0 saturated heterocycles. The molecule has 0 radical (unpaired) electrons. The molecule has 0 bridgehead atoms. The van der Waals surface area contributed by atoms with Crippen LogP contribution in [0.3, 0.4) is 0 Å². The van der Waals surface area contributed by atoms with Crippen molar-refractivity contribution >= 4 is 58.1 Å². The minimum atomic E-state index is 0.226. The summed E-state index contributed by atoms with van der Waals surface area (Å²) in [6, 6.07) is 9.49. The summed E-state index contributed by atoms with van der Waals surface area (Å²) in [5.41, 5.74) is 0.898. The van der Waals surface area contributed by atoms with Crippen LogP contribution in [0.5, 0.6) is 0 Å². The maximum atomic E-state index is 6.05. The molecule has 2 rings (SSSR count). The molecule has 2 aromatic rings. The standard InChI is InChI=1S/C12H9Cl3N2S/c1-18-8-4-2-3-7(5-8)16-12-10(14)6-9(13)11(15)17-12/h2-6H,1H3,(H,16,17). The molecule has 0 aliphatic carbocycles. The average Bonchev–Trinajstić information content (AvgIpc) is 2.36. The van der Waals surface area contributed by atoms with Crippen molar-refractivity contribution in [1.82, 2.24) is 4.98 Å². The number of nitrogens with zero attached hydrogens (tertiary/aromatic N) is 1. The van der Waals surface area contributed by atoms with Crippen LogP contribution in [0, 0.1) is 0 Å². The summed E-state index contributed by atoms with van der Waals surface area (Å²) in [5.74, 6) is 0.490. The minimum Gasteiger partial charge on any atom is -0.339 e. The Kier molecular flexibility index (Phi) is 4.62. The summed E-state index contributed by atoms with van der Waals surface area (Å²) >= 11 is 19.4. The molecule has 6 heteroatoms. The highest BCUT2D eigenvalue weighted by Gasteiger charge is 2.08. The zero-order chi connectivity index (χ0) is 13.1. The zero-order valence-corrected chi connectivity index (χ0v) is 12.5. The molecule has 0 amide bonds. The lowest BCUT2D eigenvalue weighted by Gasteiger charge is -2.09. The van der Waals surface area contributed by atoms with Gasteiger partial charge in [-0.25, -0.2) is 4.98 Å². The van der Waals surface area contributed by atoms with Crippen LogP contribution < -0.4 is 5.32 Å². The molecule has 0 saturated carbocycles.